The van der Waals surface area contributed by atoms with Gasteiger partial charge in [-0.3, -0.25) is 9.78 Å². The zero-order valence-corrected chi connectivity index (χ0v) is 11.4. The minimum Gasteiger partial charge on any atom is -0.365 e. The summed E-state index contributed by atoms with van der Waals surface area (Å²) in [5, 5.41) is 2.99. The number of anilines is 2. The third kappa shape index (κ3) is 2.50. The molecule has 1 atom stereocenters. The third-order valence-corrected chi connectivity index (χ3v) is 3.57. The molecule has 1 amide bonds. The first-order valence-electron chi connectivity index (χ1n) is 6.78. The molecule has 1 aromatic carbocycles. The second-order valence-electron chi connectivity index (χ2n) is 5.14. The Hall–Kier alpha value is -2.36. The SMILES string of the molecule is C[C@H]1CN(Cc2ccncc2)c2ccccc2NC1=O. The molecular formula is C16H17N3O. The molecule has 0 saturated heterocycles. The van der Waals surface area contributed by atoms with Crippen molar-refractivity contribution < 1.29 is 4.79 Å². The van der Waals surface area contributed by atoms with Gasteiger partial charge in [0.25, 0.3) is 0 Å². The fraction of sp³-hybridized carbons (Fsp3) is 0.250. The van der Waals surface area contributed by atoms with Crippen LogP contribution in [-0.4, -0.2) is 17.4 Å². The van der Waals surface area contributed by atoms with Crippen molar-refractivity contribution in [1.82, 2.24) is 4.98 Å². The molecular weight excluding hydrogens is 250 g/mol. The zero-order valence-electron chi connectivity index (χ0n) is 11.4. The summed E-state index contributed by atoms with van der Waals surface area (Å²) in [6, 6.07) is 12.0. The summed E-state index contributed by atoms with van der Waals surface area (Å²) in [5.74, 6) is 0.0407. The quantitative estimate of drug-likeness (QED) is 0.910. The van der Waals surface area contributed by atoms with Crippen LogP contribution in [0.5, 0.6) is 0 Å². The van der Waals surface area contributed by atoms with Gasteiger partial charge in [0, 0.05) is 25.5 Å². The molecule has 1 aliphatic rings. The van der Waals surface area contributed by atoms with Crippen molar-refractivity contribution in [3.8, 4) is 0 Å². The Kier molecular flexibility index (Phi) is 3.37. The molecule has 0 bridgehead atoms. The molecule has 20 heavy (non-hydrogen) atoms. The largest absolute Gasteiger partial charge is 0.365 e. The van der Waals surface area contributed by atoms with E-state index < -0.39 is 0 Å². The summed E-state index contributed by atoms with van der Waals surface area (Å²) in [6.45, 7) is 3.45. The van der Waals surface area contributed by atoms with Crippen LogP contribution in [0.25, 0.3) is 0 Å². The molecule has 4 heteroatoms. The van der Waals surface area contributed by atoms with Gasteiger partial charge in [-0.1, -0.05) is 19.1 Å². The second-order valence-corrected chi connectivity index (χ2v) is 5.14. The molecule has 0 unspecified atom stereocenters. The topological polar surface area (TPSA) is 45.2 Å². The monoisotopic (exact) mass is 267 g/mol. The van der Waals surface area contributed by atoms with Gasteiger partial charge in [0.2, 0.25) is 5.91 Å². The number of pyridine rings is 1. The number of aromatic nitrogens is 1. The number of rotatable bonds is 2. The predicted molar refractivity (Wildman–Crippen MR) is 79.5 cm³/mol. The van der Waals surface area contributed by atoms with E-state index in [1.807, 2.05) is 37.3 Å². The molecule has 0 spiro atoms. The van der Waals surface area contributed by atoms with Gasteiger partial charge in [-0.25, -0.2) is 0 Å². The van der Waals surface area contributed by atoms with Crippen molar-refractivity contribution in [2.24, 2.45) is 5.92 Å². The van der Waals surface area contributed by atoms with E-state index in [1.54, 1.807) is 12.4 Å². The van der Waals surface area contributed by atoms with Gasteiger partial charge in [-0.2, -0.15) is 0 Å². The number of fused-ring (bicyclic) bond motifs is 1. The highest BCUT2D eigenvalue weighted by Gasteiger charge is 2.24. The van der Waals surface area contributed by atoms with Gasteiger partial charge >= 0.3 is 0 Å². The maximum atomic E-state index is 12.0. The standard InChI is InChI=1S/C16H17N3O/c1-12-10-19(11-13-6-8-17-9-7-13)15-5-3-2-4-14(15)18-16(12)20/h2-9,12H,10-11H2,1H3,(H,18,20)/t12-/m0/s1. The maximum Gasteiger partial charge on any atom is 0.229 e. The van der Waals surface area contributed by atoms with Crippen molar-refractivity contribution >= 4 is 17.3 Å². The summed E-state index contributed by atoms with van der Waals surface area (Å²) in [4.78, 5) is 18.3. The summed E-state index contributed by atoms with van der Waals surface area (Å²) >= 11 is 0. The minimum absolute atomic E-state index is 0.0377. The second kappa shape index (κ2) is 5.33. The molecule has 0 aliphatic carbocycles. The molecule has 2 heterocycles. The Morgan fingerprint density at radius 3 is 2.80 bits per heavy atom. The van der Waals surface area contributed by atoms with Gasteiger partial charge in [0.15, 0.2) is 0 Å². The highest BCUT2D eigenvalue weighted by molar-refractivity contribution is 5.97. The van der Waals surface area contributed by atoms with Crippen LogP contribution < -0.4 is 10.2 Å². The molecule has 4 nitrogen and oxygen atoms in total. The lowest BCUT2D eigenvalue weighted by Gasteiger charge is -2.25. The van der Waals surface area contributed by atoms with Gasteiger partial charge < -0.3 is 10.2 Å². The van der Waals surface area contributed by atoms with E-state index in [0.29, 0.717) is 6.54 Å². The van der Waals surface area contributed by atoms with E-state index in [4.69, 9.17) is 0 Å². The molecule has 1 N–H and O–H groups in total. The normalized spacial score (nSPS) is 18.1. The average Bonchev–Trinajstić information content (AvgIpc) is 2.58. The maximum absolute atomic E-state index is 12.0. The smallest absolute Gasteiger partial charge is 0.229 e. The van der Waals surface area contributed by atoms with E-state index in [9.17, 15) is 4.79 Å². The third-order valence-electron chi connectivity index (χ3n) is 3.57. The zero-order chi connectivity index (χ0) is 13.9. The molecule has 0 radical (unpaired) electrons. The fourth-order valence-electron chi connectivity index (χ4n) is 2.48. The lowest BCUT2D eigenvalue weighted by atomic mass is 10.1. The minimum atomic E-state index is -0.0377. The van der Waals surface area contributed by atoms with Crippen LogP contribution in [0.15, 0.2) is 48.8 Å². The number of carbonyl (C=O) groups is 1. The van der Waals surface area contributed by atoms with E-state index in [0.717, 1.165) is 17.9 Å². The van der Waals surface area contributed by atoms with Crippen molar-refractivity contribution in [2.45, 2.75) is 13.5 Å². The Morgan fingerprint density at radius 1 is 1.25 bits per heavy atom. The molecule has 3 rings (SSSR count). The van der Waals surface area contributed by atoms with E-state index in [2.05, 4.69) is 21.3 Å². The molecule has 1 aliphatic heterocycles. The summed E-state index contributed by atoms with van der Waals surface area (Å²) < 4.78 is 0. The molecule has 102 valence electrons. The van der Waals surface area contributed by atoms with Crippen LogP contribution >= 0.6 is 0 Å². The highest BCUT2D eigenvalue weighted by Crippen LogP contribution is 2.30. The first-order chi connectivity index (χ1) is 9.74. The van der Waals surface area contributed by atoms with E-state index in [-0.39, 0.29) is 11.8 Å². The molecule has 2 aromatic rings. The average molecular weight is 267 g/mol. The summed E-state index contributed by atoms with van der Waals surface area (Å²) in [5.41, 5.74) is 3.15. The van der Waals surface area contributed by atoms with E-state index >= 15 is 0 Å². The number of carbonyl (C=O) groups excluding carboxylic acids is 1. The van der Waals surface area contributed by atoms with Crippen molar-refractivity contribution in [2.75, 3.05) is 16.8 Å². The number of hydrogen-bond donors (Lipinski definition) is 1. The van der Waals surface area contributed by atoms with Crippen molar-refractivity contribution in [1.29, 1.82) is 0 Å². The Labute approximate surface area is 118 Å². The van der Waals surface area contributed by atoms with Crippen LogP contribution in [-0.2, 0) is 11.3 Å². The fourth-order valence-corrected chi connectivity index (χ4v) is 2.48. The first-order valence-corrected chi connectivity index (χ1v) is 6.78. The van der Waals surface area contributed by atoms with E-state index in [1.165, 1.54) is 5.56 Å². The van der Waals surface area contributed by atoms with Gasteiger partial charge in [0.1, 0.15) is 0 Å². The number of para-hydroxylation sites is 2. The predicted octanol–water partition coefficient (Wildman–Crippen LogP) is 2.68. The highest BCUT2D eigenvalue weighted by atomic mass is 16.1. The molecule has 0 fully saturated rings. The first kappa shape index (κ1) is 12.7. The Morgan fingerprint density at radius 2 is 2.00 bits per heavy atom. The van der Waals surface area contributed by atoms with Crippen LogP contribution in [0.2, 0.25) is 0 Å². The summed E-state index contributed by atoms with van der Waals surface area (Å²) in [6.07, 6.45) is 3.60. The lowest BCUT2D eigenvalue weighted by molar-refractivity contribution is -0.119. The Bertz CT molecular complexity index is 612. The number of nitrogens with one attached hydrogen (secondary N) is 1. The Balaban J connectivity index is 1.94. The number of amides is 1. The van der Waals surface area contributed by atoms with Gasteiger partial charge in [-0.15, -0.1) is 0 Å². The molecule has 1 aromatic heterocycles. The number of benzene rings is 1. The number of nitrogens with zero attached hydrogens (tertiary/aromatic N) is 2. The van der Waals surface area contributed by atoms with Crippen LogP contribution in [0.4, 0.5) is 11.4 Å². The van der Waals surface area contributed by atoms with Crippen molar-refractivity contribution in [3.63, 3.8) is 0 Å². The van der Waals surface area contributed by atoms with Crippen LogP contribution in [0.3, 0.4) is 0 Å². The van der Waals surface area contributed by atoms with Crippen molar-refractivity contribution in [3.05, 3.63) is 54.4 Å². The van der Waals surface area contributed by atoms with Gasteiger partial charge in [0.05, 0.1) is 17.3 Å². The summed E-state index contributed by atoms with van der Waals surface area (Å²) in [7, 11) is 0. The van der Waals surface area contributed by atoms with Gasteiger partial charge in [-0.05, 0) is 29.8 Å². The van der Waals surface area contributed by atoms with Crippen LogP contribution in [0.1, 0.15) is 12.5 Å². The lowest BCUT2D eigenvalue weighted by Crippen LogP contribution is -2.30. The number of hydrogen-bond acceptors (Lipinski definition) is 3. The molecule has 0 saturated carbocycles. The van der Waals surface area contributed by atoms with Crippen LogP contribution in [0, 0.1) is 5.92 Å².